The SMILES string of the molecule is OC[C@H]1O[13CH](O)[13C@H](O)[C@@H](O)[C@H]1O. The van der Waals surface area contributed by atoms with Crippen molar-refractivity contribution in [3.05, 3.63) is 0 Å². The van der Waals surface area contributed by atoms with Crippen molar-refractivity contribution >= 4 is 0 Å². The maximum atomic E-state index is 9.12. The van der Waals surface area contributed by atoms with Crippen LogP contribution < -0.4 is 0 Å². The quantitative estimate of drug-likeness (QED) is 0.273. The van der Waals surface area contributed by atoms with Crippen molar-refractivity contribution in [1.29, 1.82) is 0 Å². The van der Waals surface area contributed by atoms with Gasteiger partial charge in [-0.15, -0.1) is 0 Å². The van der Waals surface area contributed by atoms with Crippen molar-refractivity contribution in [3.8, 4) is 0 Å². The van der Waals surface area contributed by atoms with Gasteiger partial charge in [0.15, 0.2) is 6.29 Å². The van der Waals surface area contributed by atoms with Gasteiger partial charge in [-0.3, -0.25) is 0 Å². The molecule has 0 aliphatic carbocycles. The fraction of sp³-hybridized carbons (Fsp3) is 1.00. The first kappa shape index (κ1) is 9.85. The Labute approximate surface area is 68.6 Å². The van der Waals surface area contributed by atoms with Crippen molar-refractivity contribution < 1.29 is 30.3 Å². The Bertz CT molecular complexity index is 146. The van der Waals surface area contributed by atoms with Gasteiger partial charge in [-0.05, 0) is 0 Å². The maximum Gasteiger partial charge on any atom is 0.184 e. The Morgan fingerprint density at radius 1 is 0.917 bits per heavy atom. The number of rotatable bonds is 1. The second-order valence-electron chi connectivity index (χ2n) is 2.72. The van der Waals surface area contributed by atoms with Crippen LogP contribution in [-0.2, 0) is 4.74 Å². The summed E-state index contributed by atoms with van der Waals surface area (Å²) in [6, 6.07) is 0. The molecule has 0 radical (unpaired) electrons. The molecule has 0 bridgehead atoms. The van der Waals surface area contributed by atoms with E-state index in [-0.39, 0.29) is 0 Å². The minimum absolute atomic E-state index is 0.526. The molecule has 0 aromatic rings. The average molecular weight is 182 g/mol. The standard InChI is InChI=1S/C6H12O6/c7-1-2-3(8)4(9)5(10)6(11)12-2/h2-11H,1H2/t2-,3+,4+,5-,6?/m1/s1/i5+1,6+1. The highest BCUT2D eigenvalue weighted by Crippen LogP contribution is 2.18. The molecule has 1 heterocycles. The Morgan fingerprint density at radius 3 is 2.00 bits per heavy atom. The Kier molecular flexibility index (Phi) is 2.99. The van der Waals surface area contributed by atoms with E-state index in [4.69, 9.17) is 25.5 Å². The summed E-state index contributed by atoms with van der Waals surface area (Å²) in [7, 11) is 0. The van der Waals surface area contributed by atoms with Gasteiger partial charge in [-0.2, -0.15) is 0 Å². The Balaban J connectivity index is 2.63. The molecule has 5 atom stereocenters. The molecule has 5 N–H and O–H groups in total. The third-order valence-corrected chi connectivity index (χ3v) is 1.87. The predicted molar refractivity (Wildman–Crippen MR) is 36.0 cm³/mol. The second kappa shape index (κ2) is 3.65. The molecule has 1 aliphatic rings. The summed E-state index contributed by atoms with van der Waals surface area (Å²) in [5.41, 5.74) is 0. The zero-order valence-electron chi connectivity index (χ0n) is 6.24. The van der Waals surface area contributed by atoms with Gasteiger partial charge in [0.2, 0.25) is 0 Å². The van der Waals surface area contributed by atoms with Crippen LogP contribution >= 0.6 is 0 Å². The van der Waals surface area contributed by atoms with E-state index in [1.165, 1.54) is 0 Å². The zero-order valence-corrected chi connectivity index (χ0v) is 6.24. The van der Waals surface area contributed by atoms with Crippen LogP contribution in [-0.4, -0.2) is 62.8 Å². The molecule has 1 aliphatic heterocycles. The number of ether oxygens (including phenoxy) is 1. The second-order valence-corrected chi connectivity index (χ2v) is 2.72. The molecule has 1 fully saturated rings. The van der Waals surface area contributed by atoms with Crippen LogP contribution in [0.5, 0.6) is 0 Å². The number of hydrogen-bond donors (Lipinski definition) is 5. The fourth-order valence-electron chi connectivity index (χ4n) is 1.08. The molecule has 0 saturated carbocycles. The van der Waals surface area contributed by atoms with Crippen LogP contribution in [0.4, 0.5) is 0 Å². The van der Waals surface area contributed by atoms with E-state index in [2.05, 4.69) is 4.74 Å². The lowest BCUT2D eigenvalue weighted by molar-refractivity contribution is -0.286. The molecule has 0 amide bonds. The maximum absolute atomic E-state index is 9.12. The van der Waals surface area contributed by atoms with E-state index < -0.39 is 37.3 Å². The van der Waals surface area contributed by atoms with E-state index in [0.717, 1.165) is 0 Å². The molecule has 6 nitrogen and oxygen atoms in total. The largest absolute Gasteiger partial charge is 0.394 e. The van der Waals surface area contributed by atoms with Gasteiger partial charge >= 0.3 is 0 Å². The van der Waals surface area contributed by atoms with E-state index in [1.807, 2.05) is 0 Å². The van der Waals surface area contributed by atoms with E-state index in [9.17, 15) is 0 Å². The normalized spacial score (nSPS) is 49.2. The molecule has 0 spiro atoms. The Hall–Kier alpha value is -0.240. The monoisotopic (exact) mass is 182 g/mol. The van der Waals surface area contributed by atoms with Crippen LogP contribution in [0.3, 0.4) is 0 Å². The first-order valence-electron chi connectivity index (χ1n) is 3.56. The summed E-state index contributed by atoms with van der Waals surface area (Å²) in [5.74, 6) is 0. The molecule has 6 heteroatoms. The molecule has 1 unspecified atom stereocenters. The minimum Gasteiger partial charge on any atom is -0.394 e. The van der Waals surface area contributed by atoms with Gasteiger partial charge in [-0.1, -0.05) is 0 Å². The summed E-state index contributed by atoms with van der Waals surface area (Å²) in [6.45, 7) is -0.526. The highest BCUT2D eigenvalue weighted by Gasteiger charge is 2.42. The molecule has 72 valence electrons. The van der Waals surface area contributed by atoms with Gasteiger partial charge in [0.25, 0.3) is 0 Å². The van der Waals surface area contributed by atoms with Gasteiger partial charge in [0.1, 0.15) is 24.4 Å². The minimum atomic E-state index is -1.57. The summed E-state index contributed by atoms with van der Waals surface area (Å²) < 4.78 is 4.58. The van der Waals surface area contributed by atoms with E-state index in [0.29, 0.717) is 0 Å². The zero-order chi connectivity index (χ0) is 9.30. The van der Waals surface area contributed by atoms with Gasteiger partial charge < -0.3 is 30.3 Å². The summed E-state index contributed by atoms with van der Waals surface area (Å²) in [6.07, 6.45) is -7.04. The smallest absolute Gasteiger partial charge is 0.184 e. The lowest BCUT2D eigenvalue weighted by atomic mass is 10.1. The number of hydrogen-bond acceptors (Lipinski definition) is 6. The van der Waals surface area contributed by atoms with Crippen molar-refractivity contribution in [3.63, 3.8) is 0 Å². The topological polar surface area (TPSA) is 110 Å². The highest BCUT2D eigenvalue weighted by molar-refractivity contribution is 4.87. The predicted octanol–water partition coefficient (Wildman–Crippen LogP) is -3.22. The summed E-state index contributed by atoms with van der Waals surface area (Å²) in [4.78, 5) is 0. The summed E-state index contributed by atoms with van der Waals surface area (Å²) in [5, 5.41) is 44.7. The number of aliphatic hydroxyl groups is 5. The molecular weight excluding hydrogens is 170 g/mol. The van der Waals surface area contributed by atoms with Crippen LogP contribution in [0.25, 0.3) is 0 Å². The highest BCUT2D eigenvalue weighted by atomic mass is 16.8. The van der Waals surface area contributed by atoms with Crippen LogP contribution in [0, 0.1) is 0 Å². The third-order valence-electron chi connectivity index (χ3n) is 1.87. The lowest BCUT2D eigenvalue weighted by Crippen LogP contribution is -2.58. The van der Waals surface area contributed by atoms with Gasteiger partial charge in [0, 0.05) is 0 Å². The molecule has 1 rings (SSSR count). The molecular formula is C6H12O6. The van der Waals surface area contributed by atoms with Crippen molar-refractivity contribution in [2.24, 2.45) is 0 Å². The molecule has 0 aromatic carbocycles. The van der Waals surface area contributed by atoms with Crippen molar-refractivity contribution in [1.82, 2.24) is 0 Å². The average Bonchev–Trinajstić information content (AvgIpc) is 2.08. The van der Waals surface area contributed by atoms with Crippen LogP contribution in [0.2, 0.25) is 0 Å². The van der Waals surface area contributed by atoms with Crippen LogP contribution in [0.1, 0.15) is 0 Å². The van der Waals surface area contributed by atoms with Crippen molar-refractivity contribution in [2.45, 2.75) is 30.7 Å². The molecule has 0 aromatic heterocycles. The van der Waals surface area contributed by atoms with Crippen molar-refractivity contribution in [2.75, 3.05) is 6.61 Å². The first-order valence-corrected chi connectivity index (χ1v) is 3.56. The van der Waals surface area contributed by atoms with E-state index >= 15 is 0 Å². The summed E-state index contributed by atoms with van der Waals surface area (Å²) >= 11 is 0. The Morgan fingerprint density at radius 2 is 1.50 bits per heavy atom. The van der Waals surface area contributed by atoms with Gasteiger partial charge in [-0.25, -0.2) is 0 Å². The van der Waals surface area contributed by atoms with Gasteiger partial charge in [0.05, 0.1) is 6.61 Å². The third kappa shape index (κ3) is 1.58. The first-order chi connectivity index (χ1) is 5.57. The lowest BCUT2D eigenvalue weighted by Gasteiger charge is -2.37. The molecule has 12 heavy (non-hydrogen) atoms. The molecule has 1 saturated heterocycles. The van der Waals surface area contributed by atoms with Crippen LogP contribution in [0.15, 0.2) is 0 Å². The number of aliphatic hydroxyl groups excluding tert-OH is 5. The van der Waals surface area contributed by atoms with E-state index in [1.54, 1.807) is 0 Å². The fourth-order valence-corrected chi connectivity index (χ4v) is 1.08.